The molecule has 0 unspecified atom stereocenters. The van der Waals surface area contributed by atoms with Crippen molar-refractivity contribution in [2.24, 2.45) is 7.05 Å². The van der Waals surface area contributed by atoms with Gasteiger partial charge in [-0.25, -0.2) is 0 Å². The van der Waals surface area contributed by atoms with Crippen LogP contribution in [0.4, 0.5) is 0 Å². The van der Waals surface area contributed by atoms with Crippen LogP contribution in [-0.2, 0) is 26.9 Å². The van der Waals surface area contributed by atoms with Crippen LogP contribution in [0.25, 0.3) is 22.2 Å². The average molecular weight is 528 g/mol. The van der Waals surface area contributed by atoms with E-state index in [4.69, 9.17) is 24.3 Å². The van der Waals surface area contributed by atoms with Crippen LogP contribution in [0.1, 0.15) is 16.7 Å². The Kier molecular flexibility index (Phi) is 7.40. The summed E-state index contributed by atoms with van der Waals surface area (Å²) >= 11 is 0. The summed E-state index contributed by atoms with van der Waals surface area (Å²) in [5.41, 5.74) is 5.69. The summed E-state index contributed by atoms with van der Waals surface area (Å²) in [5, 5.41) is 5.85. The maximum Gasteiger partial charge on any atom is 0.226 e. The molecule has 6 aromatic rings. The molecule has 0 aliphatic carbocycles. The molecular formula is C34H29N3O3. The molecule has 0 bridgehead atoms. The highest BCUT2D eigenvalue weighted by molar-refractivity contribution is 5.97. The van der Waals surface area contributed by atoms with E-state index in [9.17, 15) is 0 Å². The molecule has 0 saturated heterocycles. The Morgan fingerprint density at radius 3 is 1.77 bits per heavy atom. The maximum atomic E-state index is 6.29. The lowest BCUT2D eigenvalue weighted by Crippen LogP contribution is -2.02. The minimum absolute atomic E-state index is 0.374. The molecular weight excluding hydrogens is 498 g/mol. The number of aromatic nitrogens is 3. The molecule has 0 radical (unpaired) electrons. The van der Waals surface area contributed by atoms with E-state index in [1.165, 1.54) is 0 Å². The monoisotopic (exact) mass is 527 g/mol. The molecule has 0 saturated carbocycles. The zero-order chi connectivity index (χ0) is 27.1. The van der Waals surface area contributed by atoms with E-state index in [1.54, 1.807) is 0 Å². The quantitative estimate of drug-likeness (QED) is 0.186. The predicted octanol–water partition coefficient (Wildman–Crippen LogP) is 7.37. The van der Waals surface area contributed by atoms with Crippen molar-refractivity contribution >= 4 is 10.9 Å². The number of hydrogen-bond donors (Lipinski definition) is 0. The molecule has 2 aromatic heterocycles. The molecule has 0 amide bonds. The van der Waals surface area contributed by atoms with E-state index < -0.39 is 0 Å². The van der Waals surface area contributed by atoms with Gasteiger partial charge in [-0.2, -0.15) is 10.1 Å². The zero-order valence-corrected chi connectivity index (χ0v) is 22.2. The molecule has 0 aliphatic heterocycles. The third kappa shape index (κ3) is 5.66. The third-order valence-corrected chi connectivity index (χ3v) is 6.60. The first-order valence-corrected chi connectivity index (χ1v) is 13.2. The van der Waals surface area contributed by atoms with Gasteiger partial charge >= 0.3 is 0 Å². The largest absolute Gasteiger partial charge is 0.487 e. The number of ether oxygens (including phenoxy) is 3. The van der Waals surface area contributed by atoms with E-state index in [2.05, 4.69) is 12.1 Å². The fraction of sp³-hybridized carbons (Fsp3) is 0.118. The molecule has 6 heteroatoms. The van der Waals surface area contributed by atoms with Gasteiger partial charge in [-0.05, 0) is 28.8 Å². The van der Waals surface area contributed by atoms with Crippen LogP contribution in [0.2, 0.25) is 0 Å². The number of pyridine rings is 1. The number of hydrogen-bond acceptors (Lipinski definition) is 5. The van der Waals surface area contributed by atoms with Gasteiger partial charge in [-0.15, -0.1) is 0 Å². The van der Waals surface area contributed by atoms with E-state index in [0.717, 1.165) is 44.6 Å². The molecule has 40 heavy (non-hydrogen) atoms. The summed E-state index contributed by atoms with van der Waals surface area (Å²) in [6.07, 6.45) is 0. The van der Waals surface area contributed by atoms with Crippen molar-refractivity contribution in [3.63, 3.8) is 0 Å². The molecule has 2 heterocycles. The van der Waals surface area contributed by atoms with E-state index in [0.29, 0.717) is 31.6 Å². The Bertz CT molecular complexity index is 1700. The Hall–Kier alpha value is -5.10. The Morgan fingerprint density at radius 1 is 0.575 bits per heavy atom. The molecule has 0 fully saturated rings. The highest BCUT2D eigenvalue weighted by Crippen LogP contribution is 2.38. The Labute approximate surface area is 233 Å². The highest BCUT2D eigenvalue weighted by Gasteiger charge is 2.20. The lowest BCUT2D eigenvalue weighted by molar-refractivity contribution is 0.268. The summed E-state index contributed by atoms with van der Waals surface area (Å²) in [5.74, 6) is 1.72. The molecule has 198 valence electrons. The molecule has 6 nitrogen and oxygen atoms in total. The van der Waals surface area contributed by atoms with Crippen LogP contribution in [0, 0.1) is 0 Å². The standard InChI is InChI=1S/C34H29N3O3/c1-37-33-28(18-11-19-30(33)38-22-25-12-5-2-6-13-25)32(36-37)29-20-21-31(39-23-26-14-7-3-8-15-26)35-34(29)40-24-27-16-9-4-10-17-27/h2-21H,22-24H2,1H3. The smallest absolute Gasteiger partial charge is 0.226 e. The van der Waals surface area contributed by atoms with E-state index in [1.807, 2.05) is 121 Å². The second-order valence-corrected chi connectivity index (χ2v) is 9.45. The second-order valence-electron chi connectivity index (χ2n) is 9.45. The SMILES string of the molecule is Cn1nc(-c2ccc(OCc3ccccc3)nc2OCc2ccccc2)c2cccc(OCc3ccccc3)c21. The van der Waals surface area contributed by atoms with Crippen LogP contribution in [0.5, 0.6) is 17.5 Å². The van der Waals surface area contributed by atoms with Crippen LogP contribution >= 0.6 is 0 Å². The molecule has 4 aromatic carbocycles. The van der Waals surface area contributed by atoms with Crippen molar-refractivity contribution in [3.8, 4) is 28.8 Å². The molecule has 0 spiro atoms. The lowest BCUT2D eigenvalue weighted by atomic mass is 10.1. The summed E-state index contributed by atoms with van der Waals surface area (Å²) < 4.78 is 20.4. The Morgan fingerprint density at radius 2 is 1.15 bits per heavy atom. The first kappa shape index (κ1) is 25.2. The van der Waals surface area contributed by atoms with Crippen LogP contribution in [-0.4, -0.2) is 14.8 Å². The first-order valence-electron chi connectivity index (χ1n) is 13.2. The van der Waals surface area contributed by atoms with Crippen LogP contribution in [0.3, 0.4) is 0 Å². The van der Waals surface area contributed by atoms with Crippen molar-refractivity contribution in [2.75, 3.05) is 0 Å². The van der Waals surface area contributed by atoms with Crippen molar-refractivity contribution in [3.05, 3.63) is 138 Å². The van der Waals surface area contributed by atoms with Gasteiger partial charge in [0, 0.05) is 18.5 Å². The topological polar surface area (TPSA) is 58.4 Å². The van der Waals surface area contributed by atoms with Gasteiger partial charge in [0.25, 0.3) is 0 Å². The lowest BCUT2D eigenvalue weighted by Gasteiger charge is -2.12. The predicted molar refractivity (Wildman–Crippen MR) is 156 cm³/mol. The summed E-state index contributed by atoms with van der Waals surface area (Å²) in [4.78, 5) is 4.77. The van der Waals surface area contributed by atoms with Gasteiger partial charge in [0.2, 0.25) is 11.8 Å². The highest BCUT2D eigenvalue weighted by atomic mass is 16.5. The first-order chi connectivity index (χ1) is 19.7. The van der Waals surface area contributed by atoms with Crippen LogP contribution < -0.4 is 14.2 Å². The van der Waals surface area contributed by atoms with Crippen molar-refractivity contribution in [1.29, 1.82) is 0 Å². The van der Waals surface area contributed by atoms with Gasteiger partial charge < -0.3 is 14.2 Å². The number of fused-ring (bicyclic) bond motifs is 1. The van der Waals surface area contributed by atoms with E-state index in [-0.39, 0.29) is 0 Å². The number of benzene rings is 4. The molecule has 0 atom stereocenters. The number of nitrogens with zero attached hydrogens (tertiary/aromatic N) is 3. The molecule has 0 aliphatic rings. The zero-order valence-electron chi connectivity index (χ0n) is 22.2. The van der Waals surface area contributed by atoms with Gasteiger partial charge in [-0.3, -0.25) is 4.68 Å². The normalized spacial score (nSPS) is 10.9. The number of aryl methyl sites for hydroxylation is 1. The number of rotatable bonds is 10. The van der Waals surface area contributed by atoms with Crippen molar-refractivity contribution in [1.82, 2.24) is 14.8 Å². The number of para-hydroxylation sites is 1. The third-order valence-electron chi connectivity index (χ3n) is 6.60. The second kappa shape index (κ2) is 11.7. The van der Waals surface area contributed by atoms with Gasteiger partial charge in [0.15, 0.2) is 0 Å². The summed E-state index contributed by atoms with van der Waals surface area (Å²) in [7, 11) is 1.93. The molecule has 6 rings (SSSR count). The fourth-order valence-corrected chi connectivity index (χ4v) is 4.60. The minimum Gasteiger partial charge on any atom is -0.487 e. The molecule has 0 N–H and O–H groups in total. The summed E-state index contributed by atoms with van der Waals surface area (Å²) in [6, 6.07) is 40.0. The van der Waals surface area contributed by atoms with Crippen molar-refractivity contribution < 1.29 is 14.2 Å². The van der Waals surface area contributed by atoms with Gasteiger partial charge in [0.1, 0.15) is 36.8 Å². The van der Waals surface area contributed by atoms with Crippen LogP contribution in [0.15, 0.2) is 121 Å². The fourth-order valence-electron chi connectivity index (χ4n) is 4.60. The maximum absolute atomic E-state index is 6.29. The minimum atomic E-state index is 0.374. The summed E-state index contributed by atoms with van der Waals surface area (Å²) in [6.45, 7) is 1.26. The Balaban J connectivity index is 1.33. The van der Waals surface area contributed by atoms with Gasteiger partial charge in [-0.1, -0.05) is 103 Å². The van der Waals surface area contributed by atoms with Crippen molar-refractivity contribution in [2.45, 2.75) is 19.8 Å². The van der Waals surface area contributed by atoms with E-state index >= 15 is 0 Å². The average Bonchev–Trinajstić information content (AvgIpc) is 3.36. The van der Waals surface area contributed by atoms with Gasteiger partial charge in [0.05, 0.1) is 5.56 Å².